The SMILES string of the molecule is C.Cc1cc(Nc2nc(NCCCOCCOCCOCCCNc3nc(Nc4cc(C)cc5cc(C)c(N=Nc6ccccc6C)c(O)c45)[nH]c(=O)n3)nc(=O)[nH]2)c2c(O)c(N=Nc3ccccc3C)c(C)cc2c1. The summed E-state index contributed by atoms with van der Waals surface area (Å²) in [7, 11) is 0. The molecular formula is C55H64N14O7. The van der Waals surface area contributed by atoms with Crippen LogP contribution in [-0.4, -0.2) is 92.8 Å². The van der Waals surface area contributed by atoms with Gasteiger partial charge in [0.05, 0.1) is 49.2 Å². The highest BCUT2D eigenvalue weighted by molar-refractivity contribution is 6.04. The van der Waals surface area contributed by atoms with Gasteiger partial charge in [0.2, 0.25) is 23.8 Å². The van der Waals surface area contributed by atoms with Crippen LogP contribution in [0.15, 0.2) is 115 Å². The first-order valence-corrected chi connectivity index (χ1v) is 24.5. The smallest absolute Gasteiger partial charge is 0.351 e. The lowest BCUT2D eigenvalue weighted by Gasteiger charge is -2.15. The zero-order chi connectivity index (χ0) is 52.8. The van der Waals surface area contributed by atoms with E-state index >= 15 is 0 Å². The maximum Gasteiger partial charge on any atom is 0.351 e. The van der Waals surface area contributed by atoms with Crippen LogP contribution in [0.25, 0.3) is 21.5 Å². The standard InChI is InChI=1S/C54H60N14O7.CH4/c1-31-25-37-29-35(5)45(67-65-39-15-9-7-13-33(39)3)47(69)43(37)41(27-31)57-51-59-49(61-53(71)63-51)55-17-11-19-73-21-23-75-24-22-74-20-12-18-56-50-60-52(64-54(72)62-50)58-42-28-32(2)26-38-30-36(6)46(48(70)44(38)42)68-66-40-16-10-8-14-34(40)4;/h7-10,13-16,25-30,69-70H,11-12,17-24H2,1-6H3,(H3,55,57,59,61,63,71)(H3,56,58,60,62,64,72);1H4. The zero-order valence-corrected chi connectivity index (χ0v) is 42.7. The number of aromatic amines is 2. The van der Waals surface area contributed by atoms with Crippen LogP contribution in [-0.2, 0) is 14.2 Å². The molecule has 21 heteroatoms. The number of phenolic OH excluding ortho intramolecular Hbond substituents is 2. The van der Waals surface area contributed by atoms with Crippen molar-refractivity contribution in [3.05, 3.63) is 139 Å². The molecule has 2 heterocycles. The second kappa shape index (κ2) is 26.0. The highest BCUT2D eigenvalue weighted by Crippen LogP contribution is 2.45. The van der Waals surface area contributed by atoms with Crippen molar-refractivity contribution in [3.8, 4) is 11.5 Å². The lowest BCUT2D eigenvalue weighted by molar-refractivity contribution is 0.0145. The molecule has 76 heavy (non-hydrogen) atoms. The van der Waals surface area contributed by atoms with E-state index in [4.69, 9.17) is 14.2 Å². The van der Waals surface area contributed by atoms with Crippen molar-refractivity contribution in [2.24, 2.45) is 20.5 Å². The van der Waals surface area contributed by atoms with Crippen molar-refractivity contribution in [2.45, 2.75) is 61.8 Å². The Labute approximate surface area is 439 Å². The minimum atomic E-state index is -0.600. The Morgan fingerprint density at radius 2 is 0.895 bits per heavy atom. The molecule has 0 bridgehead atoms. The molecule has 0 aliphatic carbocycles. The summed E-state index contributed by atoms with van der Waals surface area (Å²) in [4.78, 5) is 47.3. The summed E-state index contributed by atoms with van der Waals surface area (Å²) < 4.78 is 17.1. The number of rotatable bonds is 24. The number of H-pyrrole nitrogens is 2. The highest BCUT2D eigenvalue weighted by atomic mass is 16.5. The number of aryl methyl sites for hydroxylation is 6. The third kappa shape index (κ3) is 14.3. The fourth-order valence-corrected chi connectivity index (χ4v) is 8.20. The van der Waals surface area contributed by atoms with E-state index < -0.39 is 11.4 Å². The molecule has 8 rings (SSSR count). The highest BCUT2D eigenvalue weighted by Gasteiger charge is 2.18. The Morgan fingerprint density at radius 1 is 0.500 bits per heavy atom. The second-order valence-corrected chi connectivity index (χ2v) is 17.9. The molecule has 6 aromatic carbocycles. The van der Waals surface area contributed by atoms with E-state index in [0.29, 0.717) is 110 Å². The third-order valence-electron chi connectivity index (χ3n) is 11.8. The number of hydrogen-bond donors (Lipinski definition) is 8. The molecule has 0 saturated heterocycles. The summed E-state index contributed by atoms with van der Waals surface area (Å²) in [6.45, 7) is 14.8. The van der Waals surface area contributed by atoms with Gasteiger partial charge in [-0.05, 0) is 135 Å². The molecule has 0 fully saturated rings. The van der Waals surface area contributed by atoms with Crippen molar-refractivity contribution < 1.29 is 24.4 Å². The van der Waals surface area contributed by atoms with Crippen LogP contribution >= 0.6 is 0 Å². The molecule has 0 spiro atoms. The molecule has 2 aromatic heterocycles. The molecule has 396 valence electrons. The summed E-state index contributed by atoms with van der Waals surface area (Å²) in [5.74, 6) is 0.455. The van der Waals surface area contributed by atoms with Crippen LogP contribution in [0.2, 0.25) is 0 Å². The number of benzene rings is 6. The molecule has 8 aromatic rings. The van der Waals surface area contributed by atoms with Crippen LogP contribution < -0.4 is 32.6 Å². The predicted octanol–water partition coefficient (Wildman–Crippen LogP) is 11.5. The average molecular weight is 1030 g/mol. The normalized spacial score (nSPS) is 11.4. The Bertz CT molecular complexity index is 3280. The van der Waals surface area contributed by atoms with E-state index in [0.717, 1.165) is 44.2 Å². The summed E-state index contributed by atoms with van der Waals surface area (Å²) in [6, 6.07) is 26.7. The molecule has 8 N–H and O–H groups in total. The third-order valence-corrected chi connectivity index (χ3v) is 11.8. The first kappa shape index (κ1) is 55.1. The fraction of sp³-hybridized carbons (Fsp3) is 0.309. The second-order valence-electron chi connectivity index (χ2n) is 17.9. The largest absolute Gasteiger partial charge is 0.505 e. The quantitative estimate of drug-likeness (QED) is 0.0206. The van der Waals surface area contributed by atoms with Crippen molar-refractivity contribution in [1.29, 1.82) is 0 Å². The molecule has 21 nitrogen and oxygen atoms in total. The van der Waals surface area contributed by atoms with E-state index in [9.17, 15) is 19.8 Å². The average Bonchev–Trinajstić information content (AvgIpc) is 3.36. The van der Waals surface area contributed by atoms with Crippen molar-refractivity contribution in [3.63, 3.8) is 0 Å². The van der Waals surface area contributed by atoms with Crippen LogP contribution in [0.5, 0.6) is 11.5 Å². The summed E-state index contributed by atoms with van der Waals surface area (Å²) in [5, 5.41) is 55.7. The minimum absolute atomic E-state index is 0. The number of fused-ring (bicyclic) bond motifs is 2. The lowest BCUT2D eigenvalue weighted by Crippen LogP contribution is -2.19. The van der Waals surface area contributed by atoms with Gasteiger partial charge in [0.15, 0.2) is 11.5 Å². The van der Waals surface area contributed by atoms with E-state index in [1.54, 1.807) is 0 Å². The summed E-state index contributed by atoms with van der Waals surface area (Å²) >= 11 is 0. The van der Waals surface area contributed by atoms with Gasteiger partial charge >= 0.3 is 11.4 Å². The molecular weight excluding hydrogens is 969 g/mol. The van der Waals surface area contributed by atoms with E-state index in [1.165, 1.54) is 0 Å². The number of anilines is 6. The predicted molar refractivity (Wildman–Crippen MR) is 298 cm³/mol. The first-order valence-electron chi connectivity index (χ1n) is 24.5. The maximum absolute atomic E-state index is 12.6. The molecule has 0 unspecified atom stereocenters. The number of azo groups is 2. The van der Waals surface area contributed by atoms with Crippen LogP contribution in [0.4, 0.5) is 57.9 Å². The van der Waals surface area contributed by atoms with Crippen LogP contribution in [0, 0.1) is 41.5 Å². The van der Waals surface area contributed by atoms with Gasteiger partial charge in [0.1, 0.15) is 11.4 Å². The van der Waals surface area contributed by atoms with E-state index in [1.807, 2.05) is 126 Å². The first-order chi connectivity index (χ1) is 36.3. The van der Waals surface area contributed by atoms with E-state index in [-0.39, 0.29) is 42.7 Å². The number of aromatic hydroxyl groups is 2. The fourth-order valence-electron chi connectivity index (χ4n) is 8.20. The van der Waals surface area contributed by atoms with E-state index in [2.05, 4.69) is 71.6 Å². The number of hydrogen-bond acceptors (Lipinski definition) is 19. The number of ether oxygens (including phenoxy) is 3. The molecule has 0 saturated carbocycles. The number of nitrogens with one attached hydrogen (secondary N) is 6. The van der Waals surface area contributed by atoms with Crippen molar-refractivity contribution >= 4 is 79.5 Å². The van der Waals surface area contributed by atoms with Gasteiger partial charge in [0.25, 0.3) is 0 Å². The topological polar surface area (TPSA) is 283 Å². The van der Waals surface area contributed by atoms with Crippen LogP contribution in [0.1, 0.15) is 53.6 Å². The van der Waals surface area contributed by atoms with Crippen LogP contribution in [0.3, 0.4) is 0 Å². The maximum atomic E-state index is 12.6. The Morgan fingerprint density at radius 3 is 1.30 bits per heavy atom. The minimum Gasteiger partial charge on any atom is -0.505 e. The lowest BCUT2D eigenvalue weighted by atomic mass is 10.0. The Balaban J connectivity index is 0.00000840. The molecule has 0 aliphatic rings. The number of aromatic nitrogens is 6. The van der Waals surface area contributed by atoms with Gasteiger partial charge in [-0.1, -0.05) is 56.0 Å². The molecule has 0 atom stereocenters. The summed E-state index contributed by atoms with van der Waals surface area (Å²) in [5.41, 5.74) is 7.21. The van der Waals surface area contributed by atoms with Gasteiger partial charge < -0.3 is 45.7 Å². The Hall–Kier alpha value is -8.66. The summed E-state index contributed by atoms with van der Waals surface area (Å²) in [6.07, 6.45) is 1.23. The Kier molecular flexibility index (Phi) is 18.9. The number of phenols is 2. The zero-order valence-electron chi connectivity index (χ0n) is 42.7. The van der Waals surface area contributed by atoms with Gasteiger partial charge in [-0.3, -0.25) is 9.97 Å². The molecule has 0 aliphatic heterocycles. The molecule has 0 amide bonds. The van der Waals surface area contributed by atoms with Gasteiger partial charge in [0, 0.05) is 37.1 Å². The van der Waals surface area contributed by atoms with Gasteiger partial charge in [-0.2, -0.15) is 30.2 Å². The number of nitrogens with zero attached hydrogens (tertiary/aromatic N) is 8. The molecule has 0 radical (unpaired) electrons. The van der Waals surface area contributed by atoms with Gasteiger partial charge in [-0.15, -0.1) is 10.2 Å². The van der Waals surface area contributed by atoms with Gasteiger partial charge in [-0.25, -0.2) is 9.59 Å². The monoisotopic (exact) mass is 1030 g/mol. The van der Waals surface area contributed by atoms with Crippen molar-refractivity contribution in [2.75, 3.05) is 74.0 Å². The van der Waals surface area contributed by atoms with Crippen molar-refractivity contribution in [1.82, 2.24) is 29.9 Å².